The maximum absolute atomic E-state index is 11.9. The highest BCUT2D eigenvalue weighted by Crippen LogP contribution is 2.30. The van der Waals surface area contributed by atoms with E-state index in [4.69, 9.17) is 11.6 Å². The zero-order valence-electron chi connectivity index (χ0n) is 7.81. The molecule has 0 saturated carbocycles. The molecule has 7 heteroatoms. The largest absolute Gasteiger partial charge is 0.483 e. The quantitative estimate of drug-likeness (QED) is 0.889. The van der Waals surface area contributed by atoms with E-state index in [1.807, 2.05) is 0 Å². The molecule has 2 rings (SSSR count). The number of rotatable bonds is 2. The van der Waals surface area contributed by atoms with Crippen LogP contribution in [0.1, 0.15) is 0 Å². The van der Waals surface area contributed by atoms with Crippen LogP contribution < -0.4 is 4.74 Å². The molecule has 2 aromatic rings. The van der Waals surface area contributed by atoms with Gasteiger partial charge >= 0.3 is 6.18 Å². The Hall–Kier alpha value is -1.43. The highest BCUT2D eigenvalue weighted by molar-refractivity contribution is 6.32. The average Bonchev–Trinajstić information content (AvgIpc) is 2.59. The van der Waals surface area contributed by atoms with Gasteiger partial charge in [-0.2, -0.15) is 18.3 Å². The molecule has 0 atom stereocenters. The molecule has 1 N–H and O–H groups in total. The number of hydrogen-bond acceptors (Lipinski definition) is 2. The second-order valence-corrected chi connectivity index (χ2v) is 3.55. The third-order valence-electron chi connectivity index (χ3n) is 1.88. The van der Waals surface area contributed by atoms with Crippen molar-refractivity contribution in [2.75, 3.05) is 6.61 Å². The van der Waals surface area contributed by atoms with Crippen molar-refractivity contribution < 1.29 is 17.9 Å². The molecule has 0 amide bonds. The molecule has 0 spiro atoms. The van der Waals surface area contributed by atoms with Crippen molar-refractivity contribution in [1.82, 2.24) is 10.2 Å². The minimum atomic E-state index is -4.38. The molecule has 0 aliphatic rings. The number of nitrogens with one attached hydrogen (secondary N) is 1. The van der Waals surface area contributed by atoms with Gasteiger partial charge in [-0.25, -0.2) is 0 Å². The summed E-state index contributed by atoms with van der Waals surface area (Å²) in [4.78, 5) is 0. The van der Waals surface area contributed by atoms with E-state index < -0.39 is 12.8 Å². The van der Waals surface area contributed by atoms with E-state index in [0.717, 1.165) is 0 Å². The predicted molar refractivity (Wildman–Crippen MR) is 52.7 cm³/mol. The van der Waals surface area contributed by atoms with Crippen LogP contribution in [0, 0.1) is 0 Å². The zero-order valence-corrected chi connectivity index (χ0v) is 8.56. The van der Waals surface area contributed by atoms with E-state index in [-0.39, 0.29) is 10.8 Å². The Balaban J connectivity index is 2.26. The van der Waals surface area contributed by atoms with Crippen LogP contribution in [-0.4, -0.2) is 23.0 Å². The van der Waals surface area contributed by atoms with Crippen LogP contribution >= 0.6 is 11.6 Å². The van der Waals surface area contributed by atoms with Crippen LogP contribution in [0.2, 0.25) is 5.02 Å². The fraction of sp³-hybridized carbons (Fsp3) is 0.222. The second-order valence-electron chi connectivity index (χ2n) is 3.14. The number of H-pyrrole nitrogens is 1. The first-order chi connectivity index (χ1) is 7.46. The normalized spacial score (nSPS) is 12.0. The molecular formula is C9H6ClF3N2O. The molecule has 0 unspecified atom stereocenters. The highest BCUT2D eigenvalue weighted by atomic mass is 35.5. The molecule has 0 fully saturated rings. The Morgan fingerprint density at radius 1 is 1.38 bits per heavy atom. The third-order valence-corrected chi connectivity index (χ3v) is 2.18. The van der Waals surface area contributed by atoms with E-state index >= 15 is 0 Å². The number of fused-ring (bicyclic) bond motifs is 1. The molecule has 1 aromatic carbocycles. The Morgan fingerprint density at radius 3 is 2.81 bits per heavy atom. The lowest BCUT2D eigenvalue weighted by atomic mass is 10.2. The van der Waals surface area contributed by atoms with E-state index in [2.05, 4.69) is 14.9 Å². The van der Waals surface area contributed by atoms with E-state index in [1.54, 1.807) is 0 Å². The van der Waals surface area contributed by atoms with E-state index in [0.29, 0.717) is 10.9 Å². The van der Waals surface area contributed by atoms with Gasteiger partial charge in [-0.15, -0.1) is 0 Å². The first-order valence-corrected chi connectivity index (χ1v) is 4.66. The Bertz CT molecular complexity index is 509. The summed E-state index contributed by atoms with van der Waals surface area (Å²) in [6, 6.07) is 2.88. The fourth-order valence-corrected chi connectivity index (χ4v) is 1.43. The van der Waals surface area contributed by atoms with Crippen LogP contribution in [-0.2, 0) is 0 Å². The second kappa shape index (κ2) is 3.86. The Labute approximate surface area is 93.2 Å². The topological polar surface area (TPSA) is 37.9 Å². The molecular weight excluding hydrogens is 245 g/mol. The average molecular weight is 251 g/mol. The zero-order chi connectivity index (χ0) is 11.8. The van der Waals surface area contributed by atoms with Gasteiger partial charge in [0.25, 0.3) is 0 Å². The van der Waals surface area contributed by atoms with Gasteiger partial charge in [0.1, 0.15) is 5.75 Å². The first-order valence-electron chi connectivity index (χ1n) is 4.28. The molecule has 86 valence electrons. The number of aromatic nitrogens is 2. The summed E-state index contributed by atoms with van der Waals surface area (Å²) in [5.41, 5.74) is 0.643. The smallest absolute Gasteiger partial charge is 0.422 e. The Kier molecular flexibility index (Phi) is 2.67. The Morgan fingerprint density at radius 2 is 2.12 bits per heavy atom. The summed E-state index contributed by atoms with van der Waals surface area (Å²) in [5, 5.41) is 7.13. The number of ether oxygens (including phenoxy) is 1. The third kappa shape index (κ3) is 2.38. The molecule has 0 bridgehead atoms. The molecule has 0 saturated heterocycles. The summed E-state index contributed by atoms with van der Waals surface area (Å²) in [7, 11) is 0. The van der Waals surface area contributed by atoms with Crippen molar-refractivity contribution in [2.24, 2.45) is 0 Å². The summed E-state index contributed by atoms with van der Waals surface area (Å²) >= 11 is 5.75. The van der Waals surface area contributed by atoms with Crippen LogP contribution in [0.15, 0.2) is 18.3 Å². The van der Waals surface area contributed by atoms with Gasteiger partial charge in [0.2, 0.25) is 0 Å². The van der Waals surface area contributed by atoms with Crippen molar-refractivity contribution in [3.63, 3.8) is 0 Å². The van der Waals surface area contributed by atoms with Crippen LogP contribution in [0.5, 0.6) is 5.75 Å². The number of benzene rings is 1. The summed E-state index contributed by atoms with van der Waals surface area (Å²) in [5.74, 6) is -0.00658. The molecule has 0 aliphatic carbocycles. The van der Waals surface area contributed by atoms with Crippen molar-refractivity contribution in [1.29, 1.82) is 0 Å². The van der Waals surface area contributed by atoms with Crippen molar-refractivity contribution in [3.8, 4) is 5.75 Å². The number of aromatic amines is 1. The summed E-state index contributed by atoms with van der Waals surface area (Å²) < 4.78 is 40.4. The van der Waals surface area contributed by atoms with Crippen LogP contribution in [0.3, 0.4) is 0 Å². The fourth-order valence-electron chi connectivity index (χ4n) is 1.21. The summed E-state index contributed by atoms with van der Waals surface area (Å²) in [6.07, 6.45) is -2.90. The molecule has 3 nitrogen and oxygen atoms in total. The van der Waals surface area contributed by atoms with Gasteiger partial charge in [0, 0.05) is 5.39 Å². The van der Waals surface area contributed by atoms with Gasteiger partial charge in [0.05, 0.1) is 16.7 Å². The van der Waals surface area contributed by atoms with Gasteiger partial charge in [-0.3, -0.25) is 5.10 Å². The van der Waals surface area contributed by atoms with E-state index in [9.17, 15) is 13.2 Å². The molecule has 0 aliphatic heterocycles. The lowest BCUT2D eigenvalue weighted by Gasteiger charge is -2.10. The minimum absolute atomic E-state index is 0.00658. The standard InChI is InChI=1S/C9H6ClF3N2O/c10-6-2-7-5(3-14-15-7)1-8(6)16-4-9(11,12)13/h1-3H,4H2,(H,14,15). The van der Waals surface area contributed by atoms with Gasteiger partial charge in [-0.1, -0.05) is 11.6 Å². The lowest BCUT2D eigenvalue weighted by Crippen LogP contribution is -2.19. The van der Waals surface area contributed by atoms with E-state index in [1.165, 1.54) is 18.3 Å². The van der Waals surface area contributed by atoms with Crippen molar-refractivity contribution in [2.45, 2.75) is 6.18 Å². The maximum atomic E-state index is 11.9. The number of hydrogen-bond donors (Lipinski definition) is 1. The number of halogens is 4. The lowest BCUT2D eigenvalue weighted by molar-refractivity contribution is -0.153. The monoisotopic (exact) mass is 250 g/mol. The SMILES string of the molecule is FC(F)(F)COc1cc2cn[nH]c2cc1Cl. The number of alkyl halides is 3. The van der Waals surface area contributed by atoms with Crippen LogP contribution in [0.25, 0.3) is 10.9 Å². The molecule has 0 radical (unpaired) electrons. The first kappa shape index (κ1) is 11.1. The minimum Gasteiger partial charge on any atom is -0.483 e. The molecule has 1 heterocycles. The van der Waals surface area contributed by atoms with Crippen molar-refractivity contribution in [3.05, 3.63) is 23.4 Å². The van der Waals surface area contributed by atoms with Gasteiger partial charge in [0.15, 0.2) is 6.61 Å². The maximum Gasteiger partial charge on any atom is 0.422 e. The predicted octanol–water partition coefficient (Wildman–Crippen LogP) is 3.16. The van der Waals surface area contributed by atoms with Gasteiger partial charge in [-0.05, 0) is 12.1 Å². The van der Waals surface area contributed by atoms with Gasteiger partial charge < -0.3 is 4.74 Å². The van der Waals surface area contributed by atoms with Crippen LogP contribution in [0.4, 0.5) is 13.2 Å². The number of nitrogens with zero attached hydrogens (tertiary/aromatic N) is 1. The molecule has 16 heavy (non-hydrogen) atoms. The summed E-state index contributed by atoms with van der Waals surface area (Å²) in [6.45, 7) is -1.37. The highest BCUT2D eigenvalue weighted by Gasteiger charge is 2.28. The van der Waals surface area contributed by atoms with Crippen molar-refractivity contribution >= 4 is 22.5 Å². The molecule has 1 aromatic heterocycles.